The van der Waals surface area contributed by atoms with Crippen molar-refractivity contribution < 1.29 is 9.90 Å². The molecule has 2 aromatic carbocycles. The molecule has 0 unspecified atom stereocenters. The van der Waals surface area contributed by atoms with Gasteiger partial charge in [0.25, 0.3) is 0 Å². The van der Waals surface area contributed by atoms with Gasteiger partial charge in [0.2, 0.25) is 0 Å². The van der Waals surface area contributed by atoms with Crippen molar-refractivity contribution in [2.45, 2.75) is 64.3 Å². The Morgan fingerprint density at radius 3 is 2.18 bits per heavy atom. The van der Waals surface area contributed by atoms with Crippen molar-refractivity contribution in [3.05, 3.63) is 59.7 Å². The Kier molecular flexibility index (Phi) is 7.67. The molecule has 1 atom stereocenters. The van der Waals surface area contributed by atoms with Crippen LogP contribution in [0.4, 0.5) is 0 Å². The Morgan fingerprint density at radius 2 is 1.54 bits per heavy atom. The molecule has 0 amide bonds. The van der Waals surface area contributed by atoms with E-state index in [-0.39, 0.29) is 0 Å². The van der Waals surface area contributed by atoms with E-state index in [0.29, 0.717) is 11.6 Å². The summed E-state index contributed by atoms with van der Waals surface area (Å²) < 4.78 is 0. The lowest BCUT2D eigenvalue weighted by atomic mass is 9.98. The maximum atomic E-state index is 11.0. The van der Waals surface area contributed by atoms with E-state index in [0.717, 1.165) is 11.1 Å². The molecule has 1 aliphatic heterocycles. The summed E-state index contributed by atoms with van der Waals surface area (Å²) in [5, 5.41) is 9.04. The number of likely N-dealkylation sites (tertiary alicyclic amines) is 1. The van der Waals surface area contributed by atoms with Crippen molar-refractivity contribution in [1.29, 1.82) is 0 Å². The summed E-state index contributed by atoms with van der Waals surface area (Å²) in [6, 6.07) is 16.5. The maximum Gasteiger partial charge on any atom is 0.335 e. The molecule has 1 heterocycles. The second kappa shape index (κ2) is 10.4. The summed E-state index contributed by atoms with van der Waals surface area (Å²) in [7, 11) is 0. The maximum absolute atomic E-state index is 11.0. The molecular weight excluding hydrogens is 346 g/mol. The van der Waals surface area contributed by atoms with Gasteiger partial charge < -0.3 is 5.11 Å². The monoisotopic (exact) mass is 379 g/mol. The van der Waals surface area contributed by atoms with Crippen LogP contribution in [0.15, 0.2) is 48.5 Å². The lowest BCUT2D eigenvalue weighted by molar-refractivity contribution is 0.0697. The van der Waals surface area contributed by atoms with Gasteiger partial charge >= 0.3 is 5.97 Å². The minimum Gasteiger partial charge on any atom is -0.478 e. The van der Waals surface area contributed by atoms with Crippen molar-refractivity contribution in [3.63, 3.8) is 0 Å². The first-order valence-electron chi connectivity index (χ1n) is 10.9. The number of nitrogens with zero attached hydrogens (tertiary/aromatic N) is 1. The highest BCUT2D eigenvalue weighted by Crippen LogP contribution is 2.33. The van der Waals surface area contributed by atoms with Gasteiger partial charge in [-0.3, -0.25) is 4.90 Å². The summed E-state index contributed by atoms with van der Waals surface area (Å²) in [5.41, 5.74) is 3.94. The number of carboxylic acid groups (broad SMARTS) is 1. The van der Waals surface area contributed by atoms with Gasteiger partial charge in [-0.15, -0.1) is 0 Å². The Morgan fingerprint density at radius 1 is 0.929 bits per heavy atom. The second-order valence-electron chi connectivity index (χ2n) is 7.97. The van der Waals surface area contributed by atoms with Gasteiger partial charge in [0, 0.05) is 6.04 Å². The van der Waals surface area contributed by atoms with Gasteiger partial charge in [-0.25, -0.2) is 4.79 Å². The summed E-state index contributed by atoms with van der Waals surface area (Å²) in [5.74, 6) is -0.881. The molecule has 0 aliphatic carbocycles. The Balaban J connectivity index is 1.56. The SMILES string of the molecule is CCCCCCCCN1CCC[C@@H]1c1ccc(-c2ccc(C(=O)O)cc2)cc1. The molecule has 150 valence electrons. The van der Waals surface area contributed by atoms with Gasteiger partial charge in [0.15, 0.2) is 0 Å². The van der Waals surface area contributed by atoms with Gasteiger partial charge in [-0.2, -0.15) is 0 Å². The van der Waals surface area contributed by atoms with Crippen molar-refractivity contribution in [2.24, 2.45) is 0 Å². The van der Waals surface area contributed by atoms with Crippen molar-refractivity contribution >= 4 is 5.97 Å². The van der Waals surface area contributed by atoms with E-state index in [1.807, 2.05) is 12.1 Å². The van der Waals surface area contributed by atoms with Crippen molar-refractivity contribution in [3.8, 4) is 11.1 Å². The summed E-state index contributed by atoms with van der Waals surface area (Å²) in [4.78, 5) is 13.7. The molecule has 1 saturated heterocycles. The highest BCUT2D eigenvalue weighted by molar-refractivity contribution is 5.88. The first-order chi connectivity index (χ1) is 13.7. The third-order valence-electron chi connectivity index (χ3n) is 5.92. The van der Waals surface area contributed by atoms with Crippen LogP contribution in [0.1, 0.15) is 80.3 Å². The Labute approximate surface area is 169 Å². The van der Waals surface area contributed by atoms with Crippen molar-refractivity contribution in [2.75, 3.05) is 13.1 Å². The average molecular weight is 380 g/mol. The van der Waals surface area contributed by atoms with Crippen LogP contribution in [0.25, 0.3) is 11.1 Å². The van der Waals surface area contributed by atoms with E-state index in [4.69, 9.17) is 5.11 Å². The minimum atomic E-state index is -0.881. The van der Waals surface area contributed by atoms with Crippen LogP contribution in [0, 0.1) is 0 Å². The summed E-state index contributed by atoms with van der Waals surface area (Å²) >= 11 is 0. The molecule has 3 heteroatoms. The minimum absolute atomic E-state index is 0.330. The lowest BCUT2D eigenvalue weighted by Crippen LogP contribution is -2.24. The number of rotatable bonds is 10. The Bertz CT molecular complexity index is 736. The third kappa shape index (κ3) is 5.45. The molecule has 28 heavy (non-hydrogen) atoms. The van der Waals surface area contributed by atoms with Crippen molar-refractivity contribution in [1.82, 2.24) is 4.90 Å². The van der Waals surface area contributed by atoms with E-state index >= 15 is 0 Å². The molecular formula is C25H33NO2. The van der Waals surface area contributed by atoms with Crippen LogP contribution < -0.4 is 0 Å². The lowest BCUT2D eigenvalue weighted by Gasteiger charge is -2.25. The predicted octanol–water partition coefficient (Wildman–Crippen LogP) is 6.55. The van der Waals surface area contributed by atoms with Gasteiger partial charge in [0.05, 0.1) is 5.56 Å². The summed E-state index contributed by atoms with van der Waals surface area (Å²) in [6.07, 6.45) is 10.7. The quantitative estimate of drug-likeness (QED) is 0.476. The third-order valence-corrected chi connectivity index (χ3v) is 5.92. The molecule has 3 rings (SSSR count). The molecule has 0 spiro atoms. The highest BCUT2D eigenvalue weighted by Gasteiger charge is 2.25. The number of aromatic carboxylic acids is 1. The molecule has 3 nitrogen and oxygen atoms in total. The zero-order valence-corrected chi connectivity index (χ0v) is 17.1. The first-order valence-corrected chi connectivity index (χ1v) is 10.9. The fraction of sp³-hybridized carbons (Fsp3) is 0.480. The van der Waals surface area contributed by atoms with E-state index < -0.39 is 5.97 Å². The van der Waals surface area contributed by atoms with Crippen LogP contribution in [-0.2, 0) is 0 Å². The van der Waals surface area contributed by atoms with Crippen LogP contribution in [0.5, 0.6) is 0 Å². The van der Waals surface area contributed by atoms with Crippen LogP contribution in [0.2, 0.25) is 0 Å². The van der Waals surface area contributed by atoms with E-state index in [1.165, 1.54) is 70.0 Å². The van der Waals surface area contributed by atoms with Gasteiger partial charge in [0.1, 0.15) is 0 Å². The smallest absolute Gasteiger partial charge is 0.335 e. The largest absolute Gasteiger partial charge is 0.478 e. The fourth-order valence-electron chi connectivity index (χ4n) is 4.27. The highest BCUT2D eigenvalue weighted by atomic mass is 16.4. The number of carboxylic acids is 1. The summed E-state index contributed by atoms with van der Waals surface area (Å²) in [6.45, 7) is 4.71. The molecule has 2 aromatic rings. The standard InChI is InChI=1S/C25H33NO2/c1-2-3-4-5-6-7-18-26-19-8-9-24(26)22-14-10-20(11-15-22)21-12-16-23(17-13-21)25(27)28/h10-17,24H,2-9,18-19H2,1H3,(H,27,28)/t24-/m1/s1. The Hall–Kier alpha value is -2.13. The zero-order valence-electron chi connectivity index (χ0n) is 17.1. The van der Waals surface area contributed by atoms with Crippen LogP contribution in [0.3, 0.4) is 0 Å². The average Bonchev–Trinajstić information content (AvgIpc) is 3.19. The van der Waals surface area contributed by atoms with Gasteiger partial charge in [-0.05, 0) is 61.2 Å². The normalized spacial score (nSPS) is 17.1. The molecule has 0 saturated carbocycles. The molecule has 1 N–H and O–H groups in total. The van der Waals surface area contributed by atoms with E-state index in [2.05, 4.69) is 36.1 Å². The molecule has 1 aliphatic rings. The van der Waals surface area contributed by atoms with Gasteiger partial charge in [-0.1, -0.05) is 75.4 Å². The molecule has 1 fully saturated rings. The second-order valence-corrected chi connectivity index (χ2v) is 7.97. The first kappa shape index (κ1) is 20.6. The number of benzene rings is 2. The number of carbonyl (C=O) groups is 1. The number of unbranched alkanes of at least 4 members (excludes halogenated alkanes) is 5. The molecule has 0 radical (unpaired) electrons. The molecule has 0 aromatic heterocycles. The van der Waals surface area contributed by atoms with E-state index in [1.54, 1.807) is 12.1 Å². The van der Waals surface area contributed by atoms with Crippen LogP contribution >= 0.6 is 0 Å². The number of hydrogen-bond acceptors (Lipinski definition) is 2. The van der Waals surface area contributed by atoms with Crippen LogP contribution in [-0.4, -0.2) is 29.1 Å². The zero-order chi connectivity index (χ0) is 19.8. The molecule has 0 bridgehead atoms. The van der Waals surface area contributed by atoms with E-state index in [9.17, 15) is 4.79 Å². The number of hydrogen-bond donors (Lipinski definition) is 1. The fourth-order valence-corrected chi connectivity index (χ4v) is 4.27. The predicted molar refractivity (Wildman–Crippen MR) is 116 cm³/mol. The topological polar surface area (TPSA) is 40.5 Å².